The first-order valence-corrected chi connectivity index (χ1v) is 8.46. The van der Waals surface area contributed by atoms with Crippen molar-refractivity contribution >= 4 is 37.3 Å². The summed E-state index contributed by atoms with van der Waals surface area (Å²) in [5.41, 5.74) is 0.918. The number of aromatic nitrogens is 1. The lowest BCUT2D eigenvalue weighted by Gasteiger charge is -2.04. The molecule has 0 aliphatic rings. The van der Waals surface area contributed by atoms with Gasteiger partial charge >= 0.3 is 5.97 Å². The lowest BCUT2D eigenvalue weighted by molar-refractivity contribution is -0.137. The van der Waals surface area contributed by atoms with Crippen LogP contribution in [0.3, 0.4) is 0 Å². The van der Waals surface area contributed by atoms with Gasteiger partial charge in [0, 0.05) is 33.7 Å². The highest BCUT2D eigenvalue weighted by atomic mass is 35.7. The van der Waals surface area contributed by atoms with E-state index in [0.717, 1.165) is 0 Å². The molecule has 0 aliphatic heterocycles. The largest absolute Gasteiger partial charge is 0.480 e. The Morgan fingerprint density at radius 1 is 1.32 bits per heavy atom. The molecular weight excluding hydrogens is 351 g/mol. The monoisotopic (exact) mass is 358 g/mol. The molecule has 0 saturated carbocycles. The molecule has 0 fully saturated rings. The summed E-state index contributed by atoms with van der Waals surface area (Å²) in [6.45, 7) is -0.324. The van der Waals surface area contributed by atoms with Gasteiger partial charge in [0.15, 0.2) is 0 Å². The number of carboxylic acid groups (broad SMARTS) is 1. The number of carbonyl (C=O) groups is 1. The van der Waals surface area contributed by atoms with Crippen molar-refractivity contribution in [3.05, 3.63) is 41.2 Å². The van der Waals surface area contributed by atoms with E-state index in [2.05, 4.69) is 0 Å². The predicted octanol–water partition coefficient (Wildman–Crippen LogP) is 2.69. The highest BCUT2D eigenvalue weighted by Gasteiger charge is 2.16. The Bertz CT molecular complexity index is 897. The zero-order valence-electron chi connectivity index (χ0n) is 10.8. The van der Waals surface area contributed by atoms with Crippen LogP contribution < -0.4 is 0 Å². The van der Waals surface area contributed by atoms with Crippen LogP contribution in [-0.2, 0) is 20.4 Å². The van der Waals surface area contributed by atoms with E-state index in [1.54, 1.807) is 0 Å². The topological polar surface area (TPSA) is 100 Å². The molecule has 0 bridgehead atoms. The zero-order valence-corrected chi connectivity index (χ0v) is 13.2. The molecule has 9 heteroatoms. The highest BCUT2D eigenvalue weighted by molar-refractivity contribution is 8.13. The van der Waals surface area contributed by atoms with Crippen molar-refractivity contribution in [2.75, 3.05) is 0 Å². The Kier molecular flexibility index (Phi) is 4.47. The number of halogens is 2. The Labute approximate surface area is 135 Å². The van der Waals surface area contributed by atoms with E-state index < -0.39 is 15.0 Å². The SMILES string of the molecule is N#Cc1cn(CC(=O)O)cc1-c1cc(Cl)cc(S(=O)(=O)Cl)c1. The molecular formula is C13H8Cl2N2O4S. The van der Waals surface area contributed by atoms with Crippen molar-refractivity contribution in [2.24, 2.45) is 0 Å². The molecule has 0 unspecified atom stereocenters. The maximum atomic E-state index is 11.4. The van der Waals surface area contributed by atoms with Crippen LogP contribution >= 0.6 is 22.3 Å². The number of carboxylic acids is 1. The maximum absolute atomic E-state index is 11.4. The number of nitrogens with zero attached hydrogens (tertiary/aromatic N) is 2. The first-order chi connectivity index (χ1) is 10.2. The van der Waals surface area contributed by atoms with Crippen molar-refractivity contribution < 1.29 is 18.3 Å². The van der Waals surface area contributed by atoms with E-state index in [9.17, 15) is 13.2 Å². The minimum absolute atomic E-state index is 0.131. The van der Waals surface area contributed by atoms with Crippen LogP contribution in [0.2, 0.25) is 5.02 Å². The van der Waals surface area contributed by atoms with Crippen LogP contribution in [0.5, 0.6) is 0 Å². The number of nitriles is 1. The van der Waals surface area contributed by atoms with E-state index in [0.29, 0.717) is 11.1 Å². The Balaban J connectivity index is 2.61. The van der Waals surface area contributed by atoms with Crippen LogP contribution in [0.25, 0.3) is 11.1 Å². The summed E-state index contributed by atoms with van der Waals surface area (Å²) >= 11 is 5.89. The summed E-state index contributed by atoms with van der Waals surface area (Å²) in [5.74, 6) is -1.07. The van der Waals surface area contributed by atoms with E-state index in [-0.39, 0.29) is 22.0 Å². The second kappa shape index (κ2) is 6.01. The van der Waals surface area contributed by atoms with Crippen LogP contribution in [-0.4, -0.2) is 24.1 Å². The molecule has 0 aliphatic carbocycles. The third kappa shape index (κ3) is 3.60. The second-order valence-corrected chi connectivity index (χ2v) is 7.38. The first kappa shape index (κ1) is 16.4. The minimum atomic E-state index is -3.98. The molecule has 114 valence electrons. The highest BCUT2D eigenvalue weighted by Crippen LogP contribution is 2.31. The van der Waals surface area contributed by atoms with Crippen molar-refractivity contribution in [3.63, 3.8) is 0 Å². The maximum Gasteiger partial charge on any atom is 0.323 e. The van der Waals surface area contributed by atoms with Crippen LogP contribution in [0.1, 0.15) is 5.56 Å². The van der Waals surface area contributed by atoms with Gasteiger partial charge < -0.3 is 9.67 Å². The smallest absolute Gasteiger partial charge is 0.323 e. The summed E-state index contributed by atoms with van der Waals surface area (Å²) < 4.78 is 24.2. The van der Waals surface area contributed by atoms with E-state index in [4.69, 9.17) is 32.7 Å². The molecule has 1 aromatic heterocycles. The Morgan fingerprint density at radius 2 is 2.00 bits per heavy atom. The average Bonchev–Trinajstić information content (AvgIpc) is 2.79. The van der Waals surface area contributed by atoms with Gasteiger partial charge in [0.25, 0.3) is 9.05 Å². The third-order valence-electron chi connectivity index (χ3n) is 2.78. The van der Waals surface area contributed by atoms with Crippen molar-refractivity contribution in [1.82, 2.24) is 4.57 Å². The molecule has 1 N–H and O–H groups in total. The fourth-order valence-corrected chi connectivity index (χ4v) is 3.04. The van der Waals surface area contributed by atoms with Gasteiger partial charge in [-0.2, -0.15) is 5.26 Å². The molecule has 0 saturated heterocycles. The van der Waals surface area contributed by atoms with Gasteiger partial charge in [-0.05, 0) is 23.8 Å². The van der Waals surface area contributed by atoms with Gasteiger partial charge in [0.2, 0.25) is 0 Å². The van der Waals surface area contributed by atoms with E-state index in [1.807, 2.05) is 6.07 Å². The molecule has 2 aromatic rings. The van der Waals surface area contributed by atoms with Gasteiger partial charge in [-0.25, -0.2) is 8.42 Å². The van der Waals surface area contributed by atoms with Gasteiger partial charge in [-0.3, -0.25) is 4.79 Å². The van der Waals surface area contributed by atoms with Crippen LogP contribution in [0.4, 0.5) is 0 Å². The summed E-state index contributed by atoms with van der Waals surface area (Å²) in [5, 5.41) is 18.1. The van der Waals surface area contributed by atoms with Crippen molar-refractivity contribution in [1.29, 1.82) is 5.26 Å². The van der Waals surface area contributed by atoms with E-state index in [1.165, 1.54) is 35.2 Å². The first-order valence-electron chi connectivity index (χ1n) is 5.78. The van der Waals surface area contributed by atoms with Gasteiger partial charge in [0.1, 0.15) is 12.6 Å². The minimum Gasteiger partial charge on any atom is -0.480 e. The molecule has 0 amide bonds. The fraction of sp³-hybridized carbons (Fsp3) is 0.0769. The molecule has 0 radical (unpaired) electrons. The summed E-state index contributed by atoms with van der Waals surface area (Å²) in [4.78, 5) is 10.5. The lowest BCUT2D eigenvalue weighted by atomic mass is 10.1. The number of hydrogen-bond donors (Lipinski definition) is 1. The molecule has 22 heavy (non-hydrogen) atoms. The fourth-order valence-electron chi connectivity index (χ4n) is 1.93. The quantitative estimate of drug-likeness (QED) is 0.846. The van der Waals surface area contributed by atoms with Crippen molar-refractivity contribution in [2.45, 2.75) is 11.4 Å². The molecule has 0 spiro atoms. The third-order valence-corrected chi connectivity index (χ3v) is 4.33. The zero-order chi connectivity index (χ0) is 16.5. The van der Waals surface area contributed by atoms with Gasteiger partial charge in [0.05, 0.1) is 10.5 Å². The normalized spacial score (nSPS) is 11.1. The van der Waals surface area contributed by atoms with Crippen LogP contribution in [0.15, 0.2) is 35.5 Å². The van der Waals surface area contributed by atoms with Crippen molar-refractivity contribution in [3.8, 4) is 17.2 Å². The standard InChI is InChI=1S/C13H8Cl2N2O4S/c14-10-1-8(2-11(3-10)22(15,20)21)12-6-17(7-13(18)19)5-9(12)4-16/h1-3,5-6H,7H2,(H,18,19). The second-order valence-electron chi connectivity index (χ2n) is 4.38. The Hall–Kier alpha value is -2.01. The summed E-state index contributed by atoms with van der Waals surface area (Å²) in [6.07, 6.45) is 2.79. The van der Waals surface area contributed by atoms with Gasteiger partial charge in [-0.15, -0.1) is 0 Å². The molecule has 6 nitrogen and oxygen atoms in total. The Morgan fingerprint density at radius 3 is 2.55 bits per heavy atom. The number of rotatable bonds is 4. The molecule has 0 atom stereocenters. The number of aliphatic carboxylic acids is 1. The van der Waals surface area contributed by atoms with Crippen LogP contribution in [0, 0.1) is 11.3 Å². The summed E-state index contributed by atoms with van der Waals surface area (Å²) in [7, 11) is 1.32. The summed E-state index contributed by atoms with van der Waals surface area (Å²) in [6, 6.07) is 5.85. The number of hydrogen-bond acceptors (Lipinski definition) is 4. The van der Waals surface area contributed by atoms with E-state index >= 15 is 0 Å². The lowest BCUT2D eigenvalue weighted by Crippen LogP contribution is -2.06. The predicted molar refractivity (Wildman–Crippen MR) is 80.3 cm³/mol. The van der Waals surface area contributed by atoms with Gasteiger partial charge in [-0.1, -0.05) is 11.6 Å². The number of benzene rings is 1. The average molecular weight is 359 g/mol. The molecule has 2 rings (SSSR count). The molecule has 1 heterocycles. The molecule has 1 aromatic carbocycles.